The SMILES string of the molecule is Nc1ccc(-c2c3nc(c(-c4ccc(N)cc4)c4ccc([nH]4)c(-c4ccc(N)cc4)c4nc(cc5ccc2[nH]5)C=C4)C=C3)cc1. The Morgan fingerprint density at radius 1 is 0.400 bits per heavy atom. The number of anilines is 3. The molecular weight excluding hydrogens is 554 g/mol. The minimum absolute atomic E-state index is 0.700. The normalized spacial score (nSPS) is 12.1. The summed E-state index contributed by atoms with van der Waals surface area (Å²) in [5.74, 6) is 0. The third kappa shape index (κ3) is 4.82. The fourth-order valence-corrected chi connectivity index (χ4v) is 6.00. The van der Waals surface area contributed by atoms with Crippen LogP contribution >= 0.6 is 0 Å². The molecule has 6 aromatic rings. The van der Waals surface area contributed by atoms with Crippen LogP contribution in [0.2, 0.25) is 0 Å². The number of nitrogens with two attached hydrogens (primary N) is 3. The number of benzene rings is 3. The predicted molar refractivity (Wildman–Crippen MR) is 188 cm³/mol. The highest BCUT2D eigenvalue weighted by atomic mass is 14.8. The minimum atomic E-state index is 0.700. The number of hydrogen-bond acceptors (Lipinski definition) is 5. The van der Waals surface area contributed by atoms with Gasteiger partial charge >= 0.3 is 0 Å². The lowest BCUT2D eigenvalue weighted by molar-refractivity contribution is 1.31. The van der Waals surface area contributed by atoms with E-state index in [0.29, 0.717) is 17.1 Å². The molecule has 0 unspecified atom stereocenters. The molecule has 216 valence electrons. The molecule has 8 rings (SSSR count). The van der Waals surface area contributed by atoms with E-state index in [0.717, 1.165) is 78.2 Å². The zero-order valence-electron chi connectivity index (χ0n) is 24.3. The van der Waals surface area contributed by atoms with E-state index in [1.54, 1.807) is 0 Å². The van der Waals surface area contributed by atoms with Gasteiger partial charge in [0.25, 0.3) is 0 Å². The maximum absolute atomic E-state index is 6.10. The minimum Gasteiger partial charge on any atom is -0.399 e. The number of nitrogen functional groups attached to an aromatic ring is 3. The van der Waals surface area contributed by atoms with Gasteiger partial charge in [0.05, 0.1) is 22.8 Å². The lowest BCUT2D eigenvalue weighted by Gasteiger charge is -2.06. The Hall–Kier alpha value is -6.34. The van der Waals surface area contributed by atoms with Crippen LogP contribution in [-0.4, -0.2) is 19.9 Å². The lowest BCUT2D eigenvalue weighted by atomic mass is 10.0. The van der Waals surface area contributed by atoms with Gasteiger partial charge in [0.1, 0.15) is 0 Å². The maximum atomic E-state index is 6.10. The molecule has 7 heteroatoms. The van der Waals surface area contributed by atoms with E-state index >= 15 is 0 Å². The van der Waals surface area contributed by atoms with E-state index in [9.17, 15) is 0 Å². The van der Waals surface area contributed by atoms with E-state index < -0.39 is 0 Å². The summed E-state index contributed by atoms with van der Waals surface area (Å²) in [6.45, 7) is 0. The molecule has 0 amide bonds. The van der Waals surface area contributed by atoms with Gasteiger partial charge in [0.2, 0.25) is 0 Å². The van der Waals surface area contributed by atoms with Gasteiger partial charge in [-0.15, -0.1) is 0 Å². The quantitative estimate of drug-likeness (QED) is 0.133. The summed E-state index contributed by atoms with van der Waals surface area (Å²) < 4.78 is 0. The Balaban J connectivity index is 1.52. The number of aromatic amines is 2. The van der Waals surface area contributed by atoms with Crippen molar-refractivity contribution >= 4 is 63.4 Å². The fraction of sp³-hybridized carbons (Fsp3) is 0. The van der Waals surface area contributed by atoms with Crippen molar-refractivity contribution < 1.29 is 0 Å². The molecule has 3 aromatic carbocycles. The van der Waals surface area contributed by atoms with Crippen molar-refractivity contribution in [3.8, 4) is 33.4 Å². The summed E-state index contributed by atoms with van der Waals surface area (Å²) in [5.41, 5.74) is 33.4. The van der Waals surface area contributed by atoms with E-state index in [1.807, 2.05) is 78.9 Å². The molecule has 45 heavy (non-hydrogen) atoms. The van der Waals surface area contributed by atoms with E-state index in [2.05, 4.69) is 58.5 Å². The van der Waals surface area contributed by atoms with E-state index in [1.165, 1.54) is 0 Å². The standard InChI is InChI=1S/C38H29N7/c39-25-7-1-22(2-8-25)36-30-15-13-28(42-30)21-29-14-16-31(43-29)37(23-3-9-26(40)10-4-23)33-18-20-35(45-33)38(34-19-17-32(36)44-34)24-5-11-27(41)12-6-24/h1-21,42,45H,39-41H2. The Bertz CT molecular complexity index is 2280. The van der Waals surface area contributed by atoms with Crippen LogP contribution in [0, 0.1) is 0 Å². The second-order valence-corrected chi connectivity index (χ2v) is 11.2. The third-order valence-electron chi connectivity index (χ3n) is 8.17. The Kier molecular flexibility index (Phi) is 6.10. The van der Waals surface area contributed by atoms with Gasteiger partial charge in [0, 0.05) is 55.8 Å². The molecule has 0 spiro atoms. The van der Waals surface area contributed by atoms with Crippen LogP contribution in [0.4, 0.5) is 17.1 Å². The zero-order chi connectivity index (χ0) is 30.5. The van der Waals surface area contributed by atoms with Crippen LogP contribution < -0.4 is 17.2 Å². The molecule has 8 N–H and O–H groups in total. The first kappa shape index (κ1) is 26.3. The van der Waals surface area contributed by atoms with Gasteiger partial charge in [-0.2, -0.15) is 0 Å². The highest BCUT2D eigenvalue weighted by molar-refractivity contribution is 5.97. The third-order valence-corrected chi connectivity index (χ3v) is 8.17. The lowest BCUT2D eigenvalue weighted by Crippen LogP contribution is -1.90. The molecule has 3 aromatic heterocycles. The maximum Gasteiger partial charge on any atom is 0.0737 e. The average Bonchev–Trinajstić information content (AvgIpc) is 3.87. The summed E-state index contributed by atoms with van der Waals surface area (Å²) >= 11 is 0. The number of H-pyrrole nitrogens is 2. The smallest absolute Gasteiger partial charge is 0.0737 e. The highest BCUT2D eigenvalue weighted by Gasteiger charge is 2.17. The van der Waals surface area contributed by atoms with Crippen molar-refractivity contribution in [2.75, 3.05) is 17.2 Å². The summed E-state index contributed by atoms with van der Waals surface area (Å²) in [6.07, 6.45) is 8.24. The van der Waals surface area contributed by atoms with Crippen LogP contribution in [0.5, 0.6) is 0 Å². The molecule has 7 nitrogen and oxygen atoms in total. The van der Waals surface area contributed by atoms with Gasteiger partial charge in [-0.05, 0) is 108 Å². The summed E-state index contributed by atoms with van der Waals surface area (Å²) in [6, 6.07) is 34.1. The van der Waals surface area contributed by atoms with Gasteiger partial charge in [-0.3, -0.25) is 0 Å². The molecule has 0 saturated heterocycles. The molecule has 0 radical (unpaired) electrons. The van der Waals surface area contributed by atoms with Crippen LogP contribution in [0.1, 0.15) is 22.8 Å². The molecule has 0 aliphatic carbocycles. The summed E-state index contributed by atoms with van der Waals surface area (Å²) in [5, 5.41) is 0. The summed E-state index contributed by atoms with van der Waals surface area (Å²) in [4.78, 5) is 17.6. The number of rotatable bonds is 3. The van der Waals surface area contributed by atoms with Crippen molar-refractivity contribution in [2.45, 2.75) is 0 Å². The predicted octanol–water partition coefficient (Wildman–Crippen LogP) is 8.40. The van der Waals surface area contributed by atoms with Crippen molar-refractivity contribution in [3.63, 3.8) is 0 Å². The molecule has 0 saturated carbocycles. The average molecular weight is 584 g/mol. The van der Waals surface area contributed by atoms with Gasteiger partial charge in [-0.25, -0.2) is 9.97 Å². The molecule has 8 bridgehead atoms. The first-order valence-corrected chi connectivity index (χ1v) is 14.7. The molecule has 2 aliphatic rings. The van der Waals surface area contributed by atoms with Gasteiger partial charge in [-0.1, -0.05) is 36.4 Å². The summed E-state index contributed by atoms with van der Waals surface area (Å²) in [7, 11) is 0. The van der Waals surface area contributed by atoms with Gasteiger partial charge in [0.15, 0.2) is 0 Å². The number of fused-ring (bicyclic) bond motifs is 8. The number of nitrogens with one attached hydrogen (secondary N) is 2. The largest absolute Gasteiger partial charge is 0.399 e. The first-order valence-electron chi connectivity index (χ1n) is 14.7. The molecule has 0 atom stereocenters. The van der Waals surface area contributed by atoms with Crippen LogP contribution in [0.25, 0.3) is 79.8 Å². The molecular formula is C38H29N7. The second-order valence-electron chi connectivity index (χ2n) is 11.2. The van der Waals surface area contributed by atoms with Crippen molar-refractivity contribution in [2.24, 2.45) is 0 Å². The first-order chi connectivity index (χ1) is 22.0. The molecule has 5 heterocycles. The fourth-order valence-electron chi connectivity index (χ4n) is 6.00. The molecule has 0 fully saturated rings. The van der Waals surface area contributed by atoms with E-state index in [4.69, 9.17) is 27.2 Å². The Morgan fingerprint density at radius 2 is 0.800 bits per heavy atom. The highest BCUT2D eigenvalue weighted by Crippen LogP contribution is 2.36. The van der Waals surface area contributed by atoms with Crippen molar-refractivity contribution in [1.82, 2.24) is 19.9 Å². The Labute approximate surface area is 259 Å². The van der Waals surface area contributed by atoms with Crippen LogP contribution in [0.3, 0.4) is 0 Å². The monoisotopic (exact) mass is 583 g/mol. The topological polar surface area (TPSA) is 135 Å². The number of nitrogens with zero attached hydrogens (tertiary/aromatic N) is 2. The molecule has 2 aliphatic heterocycles. The Morgan fingerprint density at radius 3 is 1.29 bits per heavy atom. The second kappa shape index (κ2) is 10.4. The van der Waals surface area contributed by atoms with Crippen molar-refractivity contribution in [3.05, 3.63) is 126 Å². The number of aromatic nitrogens is 4. The van der Waals surface area contributed by atoms with Gasteiger partial charge < -0.3 is 27.2 Å². The number of hydrogen-bond donors (Lipinski definition) is 5. The van der Waals surface area contributed by atoms with Crippen LogP contribution in [-0.2, 0) is 0 Å². The van der Waals surface area contributed by atoms with E-state index in [-0.39, 0.29) is 0 Å². The zero-order valence-corrected chi connectivity index (χ0v) is 24.3. The van der Waals surface area contributed by atoms with Crippen molar-refractivity contribution in [1.29, 1.82) is 0 Å². The van der Waals surface area contributed by atoms with Crippen LogP contribution in [0.15, 0.2) is 103 Å².